The van der Waals surface area contributed by atoms with Gasteiger partial charge in [0, 0.05) is 23.7 Å². The van der Waals surface area contributed by atoms with E-state index in [0.717, 1.165) is 10.9 Å². The molecule has 3 aromatic rings. The van der Waals surface area contributed by atoms with Crippen molar-refractivity contribution >= 4 is 22.3 Å². The van der Waals surface area contributed by atoms with E-state index in [9.17, 15) is 23.4 Å². The Bertz CT molecular complexity index is 1070. The third kappa shape index (κ3) is 3.03. The summed E-state index contributed by atoms with van der Waals surface area (Å²) >= 11 is 0. The van der Waals surface area contributed by atoms with Gasteiger partial charge in [0.25, 0.3) is 0 Å². The van der Waals surface area contributed by atoms with Gasteiger partial charge in [-0.25, -0.2) is 9.97 Å². The highest BCUT2D eigenvalue weighted by Crippen LogP contribution is 2.44. The fourth-order valence-electron chi connectivity index (χ4n) is 3.60. The molecule has 28 heavy (non-hydrogen) atoms. The largest absolute Gasteiger partial charge is 0.505 e. The van der Waals surface area contributed by atoms with E-state index in [1.807, 2.05) is 18.2 Å². The molecular formula is C20H18F3N3O2. The zero-order chi connectivity index (χ0) is 20.1. The van der Waals surface area contributed by atoms with Gasteiger partial charge >= 0.3 is 6.18 Å². The van der Waals surface area contributed by atoms with Crippen LogP contribution in [0.2, 0.25) is 0 Å². The molecule has 0 saturated heterocycles. The van der Waals surface area contributed by atoms with Crippen LogP contribution in [0.15, 0.2) is 36.5 Å². The molecule has 1 atom stereocenters. The molecule has 4 rings (SSSR count). The van der Waals surface area contributed by atoms with Crippen LogP contribution in [-0.2, 0) is 12.8 Å². The molecule has 5 nitrogen and oxygen atoms in total. The van der Waals surface area contributed by atoms with Gasteiger partial charge in [0.1, 0.15) is 11.6 Å². The fraction of sp³-hybridized carbons (Fsp3) is 0.300. The summed E-state index contributed by atoms with van der Waals surface area (Å²) in [6, 6.07) is 8.50. The molecule has 1 aliphatic rings. The predicted octanol–water partition coefficient (Wildman–Crippen LogP) is 4.17. The molecule has 1 aliphatic carbocycles. The van der Waals surface area contributed by atoms with E-state index in [2.05, 4.69) is 15.3 Å². The van der Waals surface area contributed by atoms with E-state index in [1.165, 1.54) is 12.1 Å². The Morgan fingerprint density at radius 1 is 1.14 bits per heavy atom. The number of phenolic OH excluding ortho intramolecular Hbond substituents is 1. The highest BCUT2D eigenvalue weighted by Gasteiger charge is 2.54. The first-order valence-electron chi connectivity index (χ1n) is 8.80. The minimum absolute atomic E-state index is 0.0649. The number of rotatable bonds is 2. The van der Waals surface area contributed by atoms with Gasteiger partial charge in [-0.15, -0.1) is 0 Å². The minimum atomic E-state index is -4.71. The predicted molar refractivity (Wildman–Crippen MR) is 98.7 cm³/mol. The van der Waals surface area contributed by atoms with Crippen LogP contribution in [0.5, 0.6) is 5.75 Å². The van der Waals surface area contributed by atoms with Crippen LogP contribution in [0.1, 0.15) is 23.4 Å². The fourth-order valence-corrected chi connectivity index (χ4v) is 3.60. The molecule has 2 aromatic carbocycles. The SMILES string of the molecule is Cc1ncc2c(Nc3ccc4c(c3O)CCC(O)(C(F)(F)F)C4)cccc2n1. The molecule has 0 saturated carbocycles. The van der Waals surface area contributed by atoms with Gasteiger partial charge in [-0.05, 0) is 49.1 Å². The van der Waals surface area contributed by atoms with E-state index in [0.29, 0.717) is 28.3 Å². The molecule has 0 spiro atoms. The molecule has 0 radical (unpaired) electrons. The third-order valence-corrected chi connectivity index (χ3v) is 5.19. The van der Waals surface area contributed by atoms with Crippen LogP contribution in [0.25, 0.3) is 10.9 Å². The molecule has 0 fully saturated rings. The van der Waals surface area contributed by atoms with Gasteiger partial charge in [0.15, 0.2) is 5.60 Å². The lowest BCUT2D eigenvalue weighted by Crippen LogP contribution is -2.49. The number of alkyl halides is 3. The van der Waals surface area contributed by atoms with E-state index < -0.39 is 24.6 Å². The maximum atomic E-state index is 13.1. The van der Waals surface area contributed by atoms with Gasteiger partial charge < -0.3 is 15.5 Å². The van der Waals surface area contributed by atoms with Crippen molar-refractivity contribution in [3.8, 4) is 5.75 Å². The Kier molecular flexibility index (Phi) is 4.19. The van der Waals surface area contributed by atoms with Gasteiger partial charge in [-0.2, -0.15) is 13.2 Å². The maximum Gasteiger partial charge on any atom is 0.417 e. The number of hydrogen-bond donors (Lipinski definition) is 3. The van der Waals surface area contributed by atoms with Gasteiger partial charge in [-0.3, -0.25) is 0 Å². The van der Waals surface area contributed by atoms with Crippen LogP contribution in [0, 0.1) is 6.92 Å². The number of aromatic hydroxyl groups is 1. The minimum Gasteiger partial charge on any atom is -0.505 e. The number of aryl methyl sites for hydroxylation is 1. The van der Waals surface area contributed by atoms with Gasteiger partial charge in [0.2, 0.25) is 0 Å². The second-order valence-electron chi connectivity index (χ2n) is 7.09. The maximum absolute atomic E-state index is 13.1. The number of halogens is 3. The first-order valence-corrected chi connectivity index (χ1v) is 8.80. The second-order valence-corrected chi connectivity index (χ2v) is 7.09. The summed E-state index contributed by atoms with van der Waals surface area (Å²) in [5.74, 6) is 0.533. The molecular weight excluding hydrogens is 371 g/mol. The van der Waals surface area contributed by atoms with Gasteiger partial charge in [-0.1, -0.05) is 12.1 Å². The van der Waals surface area contributed by atoms with E-state index in [-0.39, 0.29) is 12.2 Å². The second kappa shape index (κ2) is 6.34. The summed E-state index contributed by atoms with van der Waals surface area (Å²) in [5.41, 5.74) is -0.242. The number of benzene rings is 2. The molecule has 3 N–H and O–H groups in total. The molecule has 0 bridgehead atoms. The average Bonchev–Trinajstić information content (AvgIpc) is 2.63. The van der Waals surface area contributed by atoms with Crippen LogP contribution in [0.4, 0.5) is 24.5 Å². The molecule has 0 amide bonds. The smallest absolute Gasteiger partial charge is 0.417 e. The summed E-state index contributed by atoms with van der Waals surface area (Å²) in [6.45, 7) is 1.79. The number of nitrogens with zero attached hydrogens (tertiary/aromatic N) is 2. The summed E-state index contributed by atoms with van der Waals surface area (Å²) in [5, 5.41) is 24.5. The lowest BCUT2D eigenvalue weighted by atomic mass is 9.79. The Balaban J connectivity index is 1.69. The zero-order valence-electron chi connectivity index (χ0n) is 15.0. The number of nitrogens with one attached hydrogen (secondary N) is 1. The Labute approximate surface area is 158 Å². The molecule has 8 heteroatoms. The van der Waals surface area contributed by atoms with E-state index in [1.54, 1.807) is 13.1 Å². The van der Waals surface area contributed by atoms with E-state index in [4.69, 9.17) is 0 Å². The van der Waals surface area contributed by atoms with Crippen LogP contribution in [-0.4, -0.2) is 32.0 Å². The summed E-state index contributed by atoms with van der Waals surface area (Å²) < 4.78 is 39.4. The highest BCUT2D eigenvalue weighted by atomic mass is 19.4. The van der Waals surface area contributed by atoms with Crippen molar-refractivity contribution in [3.05, 3.63) is 53.5 Å². The number of aromatic nitrogens is 2. The molecule has 0 aliphatic heterocycles. The number of aliphatic hydroxyl groups is 1. The topological polar surface area (TPSA) is 78.3 Å². The van der Waals surface area contributed by atoms with E-state index >= 15 is 0 Å². The van der Waals surface area contributed by atoms with Crippen molar-refractivity contribution in [1.29, 1.82) is 0 Å². The Hall–Kier alpha value is -2.87. The zero-order valence-corrected chi connectivity index (χ0v) is 15.0. The summed E-state index contributed by atoms with van der Waals surface area (Å²) in [6.07, 6.45) is -4.15. The molecule has 146 valence electrons. The number of fused-ring (bicyclic) bond motifs is 2. The average molecular weight is 389 g/mol. The standard InChI is InChI=1S/C20H18F3N3O2/c1-11-24-10-14-15(25-11)3-2-4-16(14)26-17-6-5-12-9-19(28,20(21,22)23)8-7-13(12)18(17)27/h2-6,10,26-28H,7-9H2,1H3. The lowest BCUT2D eigenvalue weighted by molar-refractivity contribution is -0.263. The number of phenols is 1. The van der Waals surface area contributed by atoms with Crippen molar-refractivity contribution in [3.63, 3.8) is 0 Å². The summed E-state index contributed by atoms with van der Waals surface area (Å²) in [4.78, 5) is 8.55. The van der Waals surface area contributed by atoms with Crippen LogP contribution in [0.3, 0.4) is 0 Å². The molecule has 1 aromatic heterocycles. The van der Waals surface area contributed by atoms with Gasteiger partial charge in [0.05, 0.1) is 11.2 Å². The Morgan fingerprint density at radius 3 is 2.68 bits per heavy atom. The Morgan fingerprint density at radius 2 is 1.93 bits per heavy atom. The van der Waals surface area contributed by atoms with Crippen molar-refractivity contribution in [2.75, 3.05) is 5.32 Å². The van der Waals surface area contributed by atoms with Crippen LogP contribution >= 0.6 is 0 Å². The number of hydrogen-bond acceptors (Lipinski definition) is 5. The van der Waals surface area contributed by atoms with Crippen molar-refractivity contribution in [1.82, 2.24) is 9.97 Å². The van der Waals surface area contributed by atoms with Crippen LogP contribution < -0.4 is 5.32 Å². The van der Waals surface area contributed by atoms with Crippen molar-refractivity contribution < 1.29 is 23.4 Å². The highest BCUT2D eigenvalue weighted by molar-refractivity contribution is 5.93. The monoisotopic (exact) mass is 389 g/mol. The first-order chi connectivity index (χ1) is 13.2. The quantitative estimate of drug-likeness (QED) is 0.574. The van der Waals surface area contributed by atoms with Crippen molar-refractivity contribution in [2.24, 2.45) is 0 Å². The molecule has 1 heterocycles. The first kappa shape index (κ1) is 18.5. The number of anilines is 2. The normalized spacial score (nSPS) is 19.5. The third-order valence-electron chi connectivity index (χ3n) is 5.19. The lowest BCUT2D eigenvalue weighted by Gasteiger charge is -2.35. The molecule has 1 unspecified atom stereocenters. The van der Waals surface area contributed by atoms with Crippen molar-refractivity contribution in [2.45, 2.75) is 38.0 Å². The summed E-state index contributed by atoms with van der Waals surface area (Å²) in [7, 11) is 0.